The van der Waals surface area contributed by atoms with Crippen LogP contribution in [-0.2, 0) is 0 Å². The smallest absolute Gasteiger partial charge is 0.0622 e. The third kappa shape index (κ3) is 12.9. The summed E-state index contributed by atoms with van der Waals surface area (Å²) in [5.41, 5.74) is 13.4. The summed E-state index contributed by atoms with van der Waals surface area (Å²) in [4.78, 5) is 0. The highest BCUT2D eigenvalue weighted by Crippen LogP contribution is 2.52. The zero-order valence-corrected chi connectivity index (χ0v) is 66.6. The average molecular weight is 1590 g/mol. The van der Waals surface area contributed by atoms with Gasteiger partial charge < -0.3 is 0 Å². The molecule has 0 unspecified atom stereocenters. The SMILES string of the molecule is [2H]c1c([2H])c([2H])c2c(-c3cc(-c4ccccc4)cc4ccccc34)c3c([2H])c([2H])c([2H])c([2H])c3c(-c3ccc4ccccc4c3)c2c1[2H].[2H]c1c([2H])c([2H])c2c(-c3cccc4c(-c5ccc6ccccc6c5)cccc34)c3c([2H])c([2H])c([2H])c([2H])c3c(-c3cccc4ccccc34)c2c1[2H].[2H]c1c([2H])c([2H])c2c(-c3cccc4cc(-c5ccccc5)ccc34)c3ccccc3c(-c3ccc4ccccc4c3)c2c1[2H]. The Kier molecular flexibility index (Phi) is 13.8. The summed E-state index contributed by atoms with van der Waals surface area (Å²) in [7, 11) is 0. The zero-order chi connectivity index (χ0) is 99.4. The van der Waals surface area contributed by atoms with Gasteiger partial charge in [-0.1, -0.05) is 448 Å². The van der Waals surface area contributed by atoms with Gasteiger partial charge in [0.1, 0.15) is 0 Å². The van der Waals surface area contributed by atoms with Gasteiger partial charge in [0.2, 0.25) is 0 Å². The molecule has 0 saturated carbocycles. The fourth-order valence-corrected chi connectivity index (χ4v) is 18.7. The molecule has 0 heteroatoms. The van der Waals surface area contributed by atoms with Crippen molar-refractivity contribution < 1.29 is 27.4 Å². The second-order valence-electron chi connectivity index (χ2n) is 31.2. The lowest BCUT2D eigenvalue weighted by Gasteiger charge is -2.20. The van der Waals surface area contributed by atoms with E-state index in [1.165, 1.54) is 0 Å². The highest BCUT2D eigenvalue weighted by Gasteiger charge is 2.24. The van der Waals surface area contributed by atoms with Gasteiger partial charge in [-0.2, -0.15) is 0 Å². The molecule has 0 aliphatic heterocycles. The lowest BCUT2D eigenvalue weighted by molar-refractivity contribution is 1.63. The molecule has 124 heavy (non-hydrogen) atoms. The fraction of sp³-hybridized carbons (Fsp3) is 0. The topological polar surface area (TPSA) is 0 Å². The summed E-state index contributed by atoms with van der Waals surface area (Å²) in [6.45, 7) is 0. The van der Waals surface area contributed by atoms with Gasteiger partial charge in [-0.25, -0.2) is 0 Å². The molecule has 0 nitrogen and oxygen atoms in total. The minimum Gasteiger partial charge on any atom is -0.0622 e. The molecule has 0 aromatic heterocycles. The van der Waals surface area contributed by atoms with Crippen molar-refractivity contribution in [2.75, 3.05) is 0 Å². The highest BCUT2D eigenvalue weighted by atomic mass is 14.3. The standard InChI is InChI=1S/C44H28.2C40H26/c1-2-14-31-28-32(27-26-29(31)12-1)34-21-10-23-36-35(34)22-11-25-38(36)44-41-19-7-5-17-39(41)43(40-18-6-8-20-42(40)44)37-24-9-15-30-13-3-4-16-33(30)37;1-2-11-27(12-3-1)30-23-24-33-31(25-30)15-10-20-34(33)40-37-18-8-6-16-35(37)39(36-17-7-9-19-38(36)40)32-22-21-28-13-4-5-14-29(28)26-32;1-2-12-27(13-3-1)32-25-30-16-6-7-17-33(30)38(26-32)40-36-20-10-8-18-34(36)39(35-19-9-11-21-37(35)40)31-23-22-28-14-4-5-15-29(28)24-31/h1-28H;2*1-26H/i5D,6D,7D,8D,17D,18D,19D,20D;6D,8D,16D,18D;8D,9D,10D,11D,18D,19D,20D,21D. The van der Waals surface area contributed by atoms with Gasteiger partial charge >= 0.3 is 0 Å². The van der Waals surface area contributed by atoms with Crippen molar-refractivity contribution in [2.45, 2.75) is 0 Å². The van der Waals surface area contributed by atoms with E-state index in [9.17, 15) is 13.7 Å². The van der Waals surface area contributed by atoms with Crippen molar-refractivity contribution >= 4 is 140 Å². The molecule has 0 aliphatic rings. The van der Waals surface area contributed by atoms with Gasteiger partial charge in [-0.05, 0) is 277 Å². The van der Waals surface area contributed by atoms with Crippen molar-refractivity contribution in [3.63, 3.8) is 0 Å². The Balaban J connectivity index is 0.000000120. The molecule has 0 N–H and O–H groups in total. The van der Waals surface area contributed by atoms with Crippen molar-refractivity contribution in [2.24, 2.45) is 0 Å². The van der Waals surface area contributed by atoms with Crippen LogP contribution in [0, 0.1) is 0 Å². The summed E-state index contributed by atoms with van der Waals surface area (Å²) in [5.74, 6) is 0. The van der Waals surface area contributed by atoms with Crippen LogP contribution in [0.15, 0.2) is 485 Å². The largest absolute Gasteiger partial charge is 0.0629 e. The summed E-state index contributed by atoms with van der Waals surface area (Å²) in [5, 5.41) is 18.1. The maximum Gasteiger partial charge on any atom is 0.0629 e. The Morgan fingerprint density at radius 1 is 0.113 bits per heavy atom. The zero-order valence-electron chi connectivity index (χ0n) is 86.6. The molecule has 0 radical (unpaired) electrons. The summed E-state index contributed by atoms with van der Waals surface area (Å²) in [6.07, 6.45) is 0. The van der Waals surface area contributed by atoms with E-state index in [1.54, 1.807) is 0 Å². The molecule has 25 aromatic rings. The average Bonchev–Trinajstić information content (AvgIpc) is 0.697. The molecule has 0 fully saturated rings. The van der Waals surface area contributed by atoms with E-state index in [4.69, 9.17) is 13.7 Å². The van der Waals surface area contributed by atoms with Crippen LogP contribution in [0.5, 0.6) is 0 Å². The molecular weight excluding hydrogens is 1490 g/mol. The summed E-state index contributed by atoms with van der Waals surface area (Å²) >= 11 is 0. The number of hydrogen-bond acceptors (Lipinski definition) is 0. The maximum absolute atomic E-state index is 9.41. The first-order valence-corrected chi connectivity index (χ1v) is 41.4. The Labute approximate surface area is 748 Å². The first kappa shape index (κ1) is 54.9. The van der Waals surface area contributed by atoms with Crippen LogP contribution in [0.25, 0.3) is 240 Å². The molecule has 25 rings (SSSR count). The molecular formula is C124H80. The lowest BCUT2D eigenvalue weighted by Crippen LogP contribution is -1.92. The number of fused-ring (bicyclic) bond motifs is 13. The van der Waals surface area contributed by atoms with Gasteiger partial charge in [0.15, 0.2) is 0 Å². The van der Waals surface area contributed by atoms with Crippen LogP contribution in [0.2, 0.25) is 0 Å². The van der Waals surface area contributed by atoms with Crippen LogP contribution >= 0.6 is 0 Å². The monoisotopic (exact) mass is 1590 g/mol. The molecule has 576 valence electrons. The van der Waals surface area contributed by atoms with Crippen LogP contribution in [-0.4, -0.2) is 0 Å². The van der Waals surface area contributed by atoms with Gasteiger partial charge in [0, 0.05) is 0 Å². The van der Waals surface area contributed by atoms with Gasteiger partial charge in [-0.3, -0.25) is 0 Å². The van der Waals surface area contributed by atoms with Crippen molar-refractivity contribution in [3.05, 3.63) is 485 Å². The van der Waals surface area contributed by atoms with Gasteiger partial charge in [0.25, 0.3) is 0 Å². The first-order chi connectivity index (χ1) is 69.8. The minimum absolute atomic E-state index is 0.0252. The Morgan fingerprint density at radius 3 is 0.839 bits per heavy atom. The molecule has 0 spiro atoms. The van der Waals surface area contributed by atoms with E-state index < -0.39 is 48.3 Å². The van der Waals surface area contributed by atoms with Crippen LogP contribution in [0.4, 0.5) is 0 Å². The molecule has 0 bridgehead atoms. The molecule has 0 atom stereocenters. The maximum atomic E-state index is 9.41. The van der Waals surface area contributed by atoms with Crippen LogP contribution in [0.3, 0.4) is 0 Å². The number of hydrogen-bond donors (Lipinski definition) is 0. The van der Waals surface area contributed by atoms with Gasteiger partial charge in [0.05, 0.1) is 27.4 Å². The van der Waals surface area contributed by atoms with Crippen molar-refractivity contribution in [3.8, 4) is 100 Å². The quantitative estimate of drug-likeness (QED) is 0.126. The second-order valence-corrected chi connectivity index (χ2v) is 31.2. The summed E-state index contributed by atoms with van der Waals surface area (Å²) < 4.78 is 181. The molecule has 25 aromatic carbocycles. The second kappa shape index (κ2) is 31.2. The van der Waals surface area contributed by atoms with Crippen molar-refractivity contribution in [1.29, 1.82) is 0 Å². The molecule has 0 heterocycles. The molecule has 0 aliphatic carbocycles. The summed E-state index contributed by atoms with van der Waals surface area (Å²) in [6, 6.07) is 114. The number of rotatable bonds is 9. The van der Waals surface area contributed by atoms with E-state index in [1.807, 2.05) is 243 Å². The van der Waals surface area contributed by atoms with E-state index in [-0.39, 0.29) is 116 Å². The van der Waals surface area contributed by atoms with E-state index in [0.29, 0.717) is 55.3 Å². The highest BCUT2D eigenvalue weighted by molar-refractivity contribution is 6.28. The van der Waals surface area contributed by atoms with E-state index in [2.05, 4.69) is 121 Å². The predicted molar refractivity (Wildman–Crippen MR) is 536 cm³/mol. The Hall–Kier alpha value is -16.1. The fourth-order valence-electron chi connectivity index (χ4n) is 18.7. The third-order valence-corrected chi connectivity index (χ3v) is 24.3. The Bertz CT molecular complexity index is 9680. The normalized spacial score (nSPS) is 13.8. The van der Waals surface area contributed by atoms with Crippen LogP contribution in [0.1, 0.15) is 27.4 Å². The van der Waals surface area contributed by atoms with E-state index >= 15 is 0 Å². The lowest BCUT2D eigenvalue weighted by atomic mass is 9.83. The van der Waals surface area contributed by atoms with E-state index in [0.717, 1.165) is 142 Å². The minimum atomic E-state index is -0.417. The van der Waals surface area contributed by atoms with Gasteiger partial charge in [-0.15, -0.1) is 0 Å². The van der Waals surface area contributed by atoms with Crippen molar-refractivity contribution in [1.82, 2.24) is 0 Å². The third-order valence-electron chi connectivity index (χ3n) is 24.3. The predicted octanol–water partition coefficient (Wildman–Crippen LogP) is 35.1. The Morgan fingerprint density at radius 2 is 0.371 bits per heavy atom. The van der Waals surface area contributed by atoms with Crippen LogP contribution < -0.4 is 0 Å². The molecule has 0 saturated heterocycles. The molecule has 0 amide bonds. The first-order valence-electron chi connectivity index (χ1n) is 51.4. The number of benzene rings is 25.